The van der Waals surface area contributed by atoms with Crippen LogP contribution in [0.2, 0.25) is 0 Å². The highest BCUT2D eigenvalue weighted by molar-refractivity contribution is 5.96. The van der Waals surface area contributed by atoms with Crippen molar-refractivity contribution in [3.05, 3.63) is 29.8 Å². The molecule has 116 valence electrons. The van der Waals surface area contributed by atoms with E-state index in [0.29, 0.717) is 11.3 Å². The van der Waals surface area contributed by atoms with Gasteiger partial charge in [-0.2, -0.15) is 0 Å². The molecule has 0 aliphatic carbocycles. The zero-order chi connectivity index (χ0) is 15.8. The number of hydrogen-bond acceptors (Lipinski definition) is 4. The highest BCUT2D eigenvalue weighted by Gasteiger charge is 2.20. The number of ether oxygens (including phenoxy) is 2. The summed E-state index contributed by atoms with van der Waals surface area (Å²) >= 11 is 0. The van der Waals surface area contributed by atoms with Crippen LogP contribution >= 0.6 is 0 Å². The third-order valence-electron chi connectivity index (χ3n) is 2.70. The van der Waals surface area contributed by atoms with Gasteiger partial charge in [0.25, 0.3) is 5.91 Å². The summed E-state index contributed by atoms with van der Waals surface area (Å²) in [6, 6.07) is 5.59. The van der Waals surface area contributed by atoms with E-state index in [1.807, 2.05) is 13.8 Å². The van der Waals surface area contributed by atoms with Gasteiger partial charge in [-0.05, 0) is 38.1 Å². The molecular weight excluding hydrogens is 274 g/mol. The predicted octanol–water partition coefficient (Wildman–Crippen LogP) is 1.69. The van der Waals surface area contributed by atoms with Crippen LogP contribution in [0.4, 0.5) is 0 Å². The summed E-state index contributed by atoms with van der Waals surface area (Å²) < 4.78 is 10.3. The van der Waals surface area contributed by atoms with E-state index in [2.05, 4.69) is 5.32 Å². The van der Waals surface area contributed by atoms with Crippen molar-refractivity contribution in [1.29, 1.82) is 0 Å². The van der Waals surface area contributed by atoms with E-state index >= 15 is 0 Å². The maximum atomic E-state index is 12.0. The molecule has 1 aromatic carbocycles. The molecule has 1 amide bonds. The highest BCUT2D eigenvalue weighted by Crippen LogP contribution is 2.14. The Bertz CT molecular complexity index is 469. The summed E-state index contributed by atoms with van der Waals surface area (Å²) in [5.74, 6) is -0.856. The molecule has 6 nitrogen and oxygen atoms in total. The Labute approximate surface area is 124 Å². The van der Waals surface area contributed by atoms with Crippen LogP contribution in [0.25, 0.3) is 0 Å². The lowest BCUT2D eigenvalue weighted by molar-refractivity contribution is -0.139. The number of carbonyl (C=O) groups excluding carboxylic acids is 1. The average molecular weight is 295 g/mol. The Morgan fingerprint density at radius 2 is 1.86 bits per heavy atom. The lowest BCUT2D eigenvalue weighted by Crippen LogP contribution is -2.41. The molecule has 0 spiro atoms. The molecule has 0 saturated heterocycles. The first kappa shape index (κ1) is 17.0. The quantitative estimate of drug-likeness (QED) is 0.762. The number of rotatable bonds is 8. The normalized spacial score (nSPS) is 12.0. The van der Waals surface area contributed by atoms with Gasteiger partial charge in [0.1, 0.15) is 11.8 Å². The monoisotopic (exact) mass is 295 g/mol. The first-order valence-corrected chi connectivity index (χ1v) is 6.73. The number of methoxy groups -OCH3 is 1. The third-order valence-corrected chi connectivity index (χ3v) is 2.70. The summed E-state index contributed by atoms with van der Waals surface area (Å²) in [6.45, 7) is 4.08. The van der Waals surface area contributed by atoms with E-state index in [-0.39, 0.29) is 19.1 Å². The van der Waals surface area contributed by atoms with Crippen LogP contribution in [-0.4, -0.2) is 42.8 Å². The fraction of sp³-hybridized carbons (Fsp3) is 0.467. The molecule has 0 heterocycles. The van der Waals surface area contributed by atoms with Crippen molar-refractivity contribution in [2.75, 3.05) is 13.7 Å². The van der Waals surface area contributed by atoms with Crippen LogP contribution in [0.5, 0.6) is 5.75 Å². The van der Waals surface area contributed by atoms with E-state index < -0.39 is 17.9 Å². The first-order chi connectivity index (χ1) is 9.93. The SMILES string of the molecule is COCCC(NC(=O)c1ccc(OC(C)C)cc1)C(=O)O. The predicted molar refractivity (Wildman–Crippen MR) is 77.6 cm³/mol. The lowest BCUT2D eigenvalue weighted by Gasteiger charge is -2.14. The Kier molecular flexibility index (Phi) is 6.68. The Morgan fingerprint density at radius 3 is 2.33 bits per heavy atom. The van der Waals surface area contributed by atoms with Gasteiger partial charge < -0.3 is 19.9 Å². The summed E-state index contributed by atoms with van der Waals surface area (Å²) in [5.41, 5.74) is 0.384. The van der Waals surface area contributed by atoms with Gasteiger partial charge in [-0.15, -0.1) is 0 Å². The third kappa shape index (κ3) is 5.83. The maximum absolute atomic E-state index is 12.0. The number of hydrogen-bond donors (Lipinski definition) is 2. The first-order valence-electron chi connectivity index (χ1n) is 6.73. The van der Waals surface area contributed by atoms with Gasteiger partial charge in [0.15, 0.2) is 0 Å². The van der Waals surface area contributed by atoms with Crippen LogP contribution < -0.4 is 10.1 Å². The molecule has 1 unspecified atom stereocenters. The topological polar surface area (TPSA) is 84.9 Å². The van der Waals surface area contributed by atoms with Gasteiger partial charge in [0.2, 0.25) is 0 Å². The van der Waals surface area contributed by atoms with E-state index in [9.17, 15) is 9.59 Å². The maximum Gasteiger partial charge on any atom is 0.326 e. The fourth-order valence-corrected chi connectivity index (χ4v) is 1.69. The van der Waals surface area contributed by atoms with Crippen LogP contribution in [0.1, 0.15) is 30.6 Å². The van der Waals surface area contributed by atoms with E-state index in [0.717, 1.165) is 0 Å². The molecular formula is C15H21NO5. The lowest BCUT2D eigenvalue weighted by atomic mass is 10.1. The number of carboxylic acids is 1. The number of benzene rings is 1. The van der Waals surface area contributed by atoms with Crippen molar-refractivity contribution in [3.8, 4) is 5.75 Å². The van der Waals surface area contributed by atoms with Crippen molar-refractivity contribution in [1.82, 2.24) is 5.32 Å². The Balaban J connectivity index is 2.67. The van der Waals surface area contributed by atoms with E-state index in [1.165, 1.54) is 7.11 Å². The molecule has 21 heavy (non-hydrogen) atoms. The van der Waals surface area contributed by atoms with E-state index in [1.54, 1.807) is 24.3 Å². The fourth-order valence-electron chi connectivity index (χ4n) is 1.69. The molecule has 0 aliphatic heterocycles. The smallest absolute Gasteiger partial charge is 0.326 e. The average Bonchev–Trinajstić information content (AvgIpc) is 2.43. The van der Waals surface area contributed by atoms with E-state index in [4.69, 9.17) is 14.6 Å². The summed E-state index contributed by atoms with van der Waals surface area (Å²) in [4.78, 5) is 23.1. The largest absolute Gasteiger partial charge is 0.491 e. The van der Waals surface area contributed by atoms with Gasteiger partial charge in [0.05, 0.1) is 6.10 Å². The van der Waals surface area contributed by atoms with Crippen molar-refractivity contribution in [2.45, 2.75) is 32.4 Å². The van der Waals surface area contributed by atoms with Crippen molar-refractivity contribution < 1.29 is 24.2 Å². The molecule has 0 saturated carbocycles. The molecule has 1 atom stereocenters. The van der Waals surface area contributed by atoms with Crippen LogP contribution in [0, 0.1) is 0 Å². The number of carboxylic acid groups (broad SMARTS) is 1. The van der Waals surface area contributed by atoms with Crippen molar-refractivity contribution >= 4 is 11.9 Å². The summed E-state index contributed by atoms with van der Waals surface area (Å²) in [7, 11) is 1.48. The molecule has 0 aromatic heterocycles. The molecule has 0 bridgehead atoms. The number of carbonyl (C=O) groups is 2. The highest BCUT2D eigenvalue weighted by atomic mass is 16.5. The second kappa shape index (κ2) is 8.26. The number of aliphatic carboxylic acids is 1. The molecule has 1 rings (SSSR count). The number of amides is 1. The second-order valence-corrected chi connectivity index (χ2v) is 4.84. The molecule has 0 radical (unpaired) electrons. The molecule has 6 heteroatoms. The van der Waals surface area contributed by atoms with Gasteiger partial charge in [-0.25, -0.2) is 4.79 Å². The van der Waals surface area contributed by atoms with Crippen LogP contribution in [0.15, 0.2) is 24.3 Å². The minimum atomic E-state index is -1.08. The van der Waals surface area contributed by atoms with Gasteiger partial charge in [-0.3, -0.25) is 4.79 Å². The summed E-state index contributed by atoms with van der Waals surface area (Å²) in [6.07, 6.45) is 0.265. The van der Waals surface area contributed by atoms with Gasteiger partial charge >= 0.3 is 5.97 Å². The Hall–Kier alpha value is -2.08. The van der Waals surface area contributed by atoms with Crippen molar-refractivity contribution in [3.63, 3.8) is 0 Å². The van der Waals surface area contributed by atoms with Crippen LogP contribution in [-0.2, 0) is 9.53 Å². The summed E-state index contributed by atoms with van der Waals surface area (Å²) in [5, 5.41) is 11.5. The molecule has 1 aromatic rings. The van der Waals surface area contributed by atoms with Crippen molar-refractivity contribution in [2.24, 2.45) is 0 Å². The van der Waals surface area contributed by atoms with Crippen LogP contribution in [0.3, 0.4) is 0 Å². The van der Waals surface area contributed by atoms with Gasteiger partial charge in [-0.1, -0.05) is 0 Å². The molecule has 0 aliphatic rings. The standard InChI is InChI=1S/C15H21NO5/c1-10(2)21-12-6-4-11(5-7-12)14(17)16-13(15(18)19)8-9-20-3/h4-7,10,13H,8-9H2,1-3H3,(H,16,17)(H,18,19). The Morgan fingerprint density at radius 1 is 1.24 bits per heavy atom. The second-order valence-electron chi connectivity index (χ2n) is 4.84. The molecule has 2 N–H and O–H groups in total. The molecule has 0 fully saturated rings. The van der Waals surface area contributed by atoms with Gasteiger partial charge in [0, 0.05) is 25.7 Å². The minimum absolute atomic E-state index is 0.0510. The zero-order valence-corrected chi connectivity index (χ0v) is 12.5. The zero-order valence-electron chi connectivity index (χ0n) is 12.5. The number of nitrogens with one attached hydrogen (secondary N) is 1. The minimum Gasteiger partial charge on any atom is -0.491 e.